The molecule has 0 radical (unpaired) electrons. The Labute approximate surface area is 295 Å². The van der Waals surface area contributed by atoms with Crippen molar-refractivity contribution in [3.05, 3.63) is 47.5 Å². The fourth-order valence-electron chi connectivity index (χ4n) is 6.32. The molecular formula is C33H42O19. The minimum atomic E-state index is -1.80. The van der Waals surface area contributed by atoms with Crippen LogP contribution >= 0.6 is 0 Å². The SMILES string of the molecule is C[C@@H]1O[C@@H](OC[C@H]2O[C@@H](Oc3cc(O)c4c(c3)O[C@@H](c3ccc(OC[C@H]5O[C@@H](O)[C@H](O)[C@@H](O)[C@@H]5O)cc3)CC4=O)[C@H](O)[C@@H](O)[C@@H]2O)[C@H](O)[C@H](O)[C@H]1O. The van der Waals surface area contributed by atoms with E-state index in [0.29, 0.717) is 11.3 Å². The van der Waals surface area contributed by atoms with Gasteiger partial charge in [-0.1, -0.05) is 12.1 Å². The summed E-state index contributed by atoms with van der Waals surface area (Å²) in [4.78, 5) is 13.1. The first-order valence-corrected chi connectivity index (χ1v) is 16.5. The summed E-state index contributed by atoms with van der Waals surface area (Å²) < 4.78 is 39.0. The summed E-state index contributed by atoms with van der Waals surface area (Å²) in [5.74, 6) is -0.863. The zero-order valence-corrected chi connectivity index (χ0v) is 27.5. The fourth-order valence-corrected chi connectivity index (χ4v) is 6.32. The number of carbonyl (C=O) groups is 1. The van der Waals surface area contributed by atoms with Crippen molar-refractivity contribution in [3.8, 4) is 23.0 Å². The lowest BCUT2D eigenvalue weighted by Gasteiger charge is -2.42. The third kappa shape index (κ3) is 7.70. The number of phenolic OH excluding ortho intramolecular Hbond substituents is 1. The van der Waals surface area contributed by atoms with Crippen molar-refractivity contribution in [1.29, 1.82) is 0 Å². The number of aliphatic hydroxyl groups excluding tert-OH is 10. The van der Waals surface area contributed by atoms with E-state index in [4.69, 9.17) is 33.2 Å². The van der Waals surface area contributed by atoms with Crippen LogP contribution in [-0.4, -0.2) is 167 Å². The summed E-state index contributed by atoms with van der Waals surface area (Å²) in [6.45, 7) is 0.654. The molecule has 16 atom stereocenters. The van der Waals surface area contributed by atoms with Gasteiger partial charge in [0.2, 0.25) is 6.29 Å². The Morgan fingerprint density at radius 2 is 1.29 bits per heavy atom. The average molecular weight is 743 g/mol. The molecule has 2 aromatic rings. The van der Waals surface area contributed by atoms with Gasteiger partial charge >= 0.3 is 0 Å². The van der Waals surface area contributed by atoms with Gasteiger partial charge in [-0.3, -0.25) is 4.79 Å². The smallest absolute Gasteiger partial charge is 0.229 e. The van der Waals surface area contributed by atoms with E-state index in [1.807, 2.05) is 0 Å². The van der Waals surface area contributed by atoms with E-state index in [-0.39, 0.29) is 30.1 Å². The number of aromatic hydroxyl groups is 1. The van der Waals surface area contributed by atoms with Gasteiger partial charge in [-0.2, -0.15) is 0 Å². The molecule has 52 heavy (non-hydrogen) atoms. The van der Waals surface area contributed by atoms with Gasteiger partial charge in [-0.05, 0) is 24.6 Å². The van der Waals surface area contributed by atoms with Crippen molar-refractivity contribution in [2.24, 2.45) is 0 Å². The van der Waals surface area contributed by atoms with Gasteiger partial charge in [0, 0.05) is 12.1 Å². The molecule has 4 heterocycles. The molecule has 4 aliphatic heterocycles. The number of Topliss-reactive ketones (excluding diaryl/α,β-unsaturated/α-hetero) is 1. The summed E-state index contributed by atoms with van der Waals surface area (Å²) in [5.41, 5.74) is 0.415. The topological polar surface area (TPSA) is 304 Å². The van der Waals surface area contributed by atoms with E-state index in [1.54, 1.807) is 24.3 Å². The van der Waals surface area contributed by atoms with E-state index in [0.717, 1.165) is 6.07 Å². The molecule has 4 aliphatic rings. The third-order valence-electron chi connectivity index (χ3n) is 9.48. The maximum absolute atomic E-state index is 13.1. The minimum absolute atomic E-state index is 0.0663. The lowest BCUT2D eigenvalue weighted by Crippen LogP contribution is -2.61. The third-order valence-corrected chi connectivity index (χ3v) is 9.48. The quantitative estimate of drug-likeness (QED) is 0.118. The van der Waals surface area contributed by atoms with Crippen molar-refractivity contribution >= 4 is 5.78 Å². The zero-order chi connectivity index (χ0) is 37.6. The summed E-state index contributed by atoms with van der Waals surface area (Å²) in [6, 6.07) is 8.64. The predicted octanol–water partition coefficient (Wildman–Crippen LogP) is -3.69. The van der Waals surface area contributed by atoms with Crippen LogP contribution in [0, 0.1) is 0 Å². The lowest BCUT2D eigenvalue weighted by molar-refractivity contribution is -0.318. The first kappa shape index (κ1) is 38.5. The molecule has 11 N–H and O–H groups in total. The number of benzene rings is 2. The Morgan fingerprint density at radius 3 is 1.98 bits per heavy atom. The second-order valence-electron chi connectivity index (χ2n) is 13.1. The van der Waals surface area contributed by atoms with Gasteiger partial charge in [0.15, 0.2) is 18.4 Å². The maximum Gasteiger partial charge on any atom is 0.229 e. The molecule has 0 aromatic heterocycles. The predicted molar refractivity (Wildman–Crippen MR) is 167 cm³/mol. The molecule has 3 saturated heterocycles. The fraction of sp³-hybridized carbons (Fsp3) is 0.606. The van der Waals surface area contributed by atoms with Crippen molar-refractivity contribution in [2.75, 3.05) is 13.2 Å². The molecular weight excluding hydrogens is 700 g/mol. The average Bonchev–Trinajstić information content (AvgIpc) is 3.12. The van der Waals surface area contributed by atoms with E-state index in [1.165, 1.54) is 13.0 Å². The lowest BCUT2D eigenvalue weighted by atomic mass is 9.95. The second-order valence-corrected chi connectivity index (χ2v) is 13.1. The molecule has 6 rings (SSSR count). The van der Waals surface area contributed by atoms with Crippen LogP contribution in [-0.2, 0) is 18.9 Å². The Balaban J connectivity index is 1.10. The molecule has 0 saturated carbocycles. The first-order valence-electron chi connectivity index (χ1n) is 16.5. The number of phenols is 1. The van der Waals surface area contributed by atoms with Crippen LogP contribution in [0.4, 0.5) is 0 Å². The van der Waals surface area contributed by atoms with Gasteiger partial charge in [0.1, 0.15) is 108 Å². The Hall–Kier alpha value is -3.25. The Morgan fingerprint density at radius 1 is 0.673 bits per heavy atom. The van der Waals surface area contributed by atoms with Crippen LogP contribution in [0.25, 0.3) is 0 Å². The molecule has 3 fully saturated rings. The van der Waals surface area contributed by atoms with Crippen molar-refractivity contribution < 1.29 is 94.1 Å². The largest absolute Gasteiger partial charge is 0.507 e. The molecule has 288 valence electrons. The summed E-state index contributed by atoms with van der Waals surface area (Å²) >= 11 is 0. The number of aliphatic hydroxyl groups is 10. The normalized spacial score (nSPS) is 40.8. The Kier molecular flexibility index (Phi) is 11.6. The number of fused-ring (bicyclic) bond motifs is 1. The molecule has 0 aliphatic carbocycles. The highest BCUT2D eigenvalue weighted by Gasteiger charge is 2.48. The monoisotopic (exact) mass is 742 g/mol. The highest BCUT2D eigenvalue weighted by molar-refractivity contribution is 6.02. The number of hydrogen-bond acceptors (Lipinski definition) is 19. The summed E-state index contributed by atoms with van der Waals surface area (Å²) in [7, 11) is 0. The van der Waals surface area contributed by atoms with Crippen LogP contribution in [0.15, 0.2) is 36.4 Å². The zero-order valence-electron chi connectivity index (χ0n) is 27.5. The van der Waals surface area contributed by atoms with Gasteiger partial charge in [0.05, 0.1) is 19.1 Å². The van der Waals surface area contributed by atoms with Gasteiger partial charge < -0.3 is 89.3 Å². The standard InChI is InChI=1S/C33H42O19/c1-11-22(36)25(39)29(43)32(48-11)47-10-20-24(38)27(41)30(44)33(52-20)49-14-6-15(34)21-16(35)8-17(50-18(21)7-14)12-2-4-13(5-3-12)46-9-19-23(37)26(40)28(42)31(45)51-19/h2-7,11,17,19-20,22-34,36-45H,8-10H2,1H3/t11-,17+,19+,20+,22-,23+,24+,25+,26-,27-,28+,29+,30+,31+,32+,33+/m0/s1. The number of hydrogen-bond donors (Lipinski definition) is 11. The van der Waals surface area contributed by atoms with Crippen LogP contribution in [0.5, 0.6) is 23.0 Å². The number of ether oxygens (including phenoxy) is 7. The minimum Gasteiger partial charge on any atom is -0.507 e. The van der Waals surface area contributed by atoms with Crippen LogP contribution in [0.1, 0.15) is 35.4 Å². The Bertz CT molecular complexity index is 1540. The van der Waals surface area contributed by atoms with E-state index in [9.17, 15) is 61.0 Å². The van der Waals surface area contributed by atoms with Gasteiger partial charge in [-0.15, -0.1) is 0 Å². The van der Waals surface area contributed by atoms with Crippen molar-refractivity contribution in [2.45, 2.75) is 112 Å². The second kappa shape index (κ2) is 15.6. The molecule has 0 spiro atoms. The van der Waals surface area contributed by atoms with E-state index in [2.05, 4.69) is 0 Å². The molecule has 19 heteroatoms. The van der Waals surface area contributed by atoms with E-state index < -0.39 is 116 Å². The maximum atomic E-state index is 13.1. The summed E-state index contributed by atoms with van der Waals surface area (Å²) in [5, 5.41) is 112. The number of carbonyl (C=O) groups excluding carboxylic acids is 1. The molecule has 0 unspecified atom stereocenters. The summed E-state index contributed by atoms with van der Waals surface area (Å²) in [6.07, 6.45) is -23.9. The van der Waals surface area contributed by atoms with Crippen LogP contribution in [0.2, 0.25) is 0 Å². The molecule has 19 nitrogen and oxygen atoms in total. The molecule has 2 aromatic carbocycles. The van der Waals surface area contributed by atoms with E-state index >= 15 is 0 Å². The highest BCUT2D eigenvalue weighted by atomic mass is 16.7. The van der Waals surface area contributed by atoms with Crippen LogP contribution in [0.3, 0.4) is 0 Å². The van der Waals surface area contributed by atoms with Gasteiger partial charge in [0.25, 0.3) is 0 Å². The molecule has 0 bridgehead atoms. The number of ketones is 1. The highest BCUT2D eigenvalue weighted by Crippen LogP contribution is 2.43. The van der Waals surface area contributed by atoms with Crippen LogP contribution < -0.4 is 14.2 Å². The van der Waals surface area contributed by atoms with Crippen molar-refractivity contribution in [1.82, 2.24) is 0 Å². The van der Waals surface area contributed by atoms with Gasteiger partial charge in [-0.25, -0.2) is 0 Å². The number of rotatable bonds is 9. The first-order chi connectivity index (χ1) is 24.6. The van der Waals surface area contributed by atoms with Crippen molar-refractivity contribution in [3.63, 3.8) is 0 Å². The molecule has 0 amide bonds.